The monoisotopic (exact) mass is 388 g/mol. The van der Waals surface area contributed by atoms with Crippen molar-refractivity contribution in [1.29, 1.82) is 0 Å². The first-order chi connectivity index (χ1) is 13.7. The molecule has 1 aromatic heterocycles. The smallest absolute Gasteiger partial charge is 0.337 e. The third-order valence-electron chi connectivity index (χ3n) is 5.38. The van der Waals surface area contributed by atoms with Crippen molar-refractivity contribution in [3.8, 4) is 0 Å². The van der Waals surface area contributed by atoms with Crippen molar-refractivity contribution in [3.63, 3.8) is 0 Å². The average molecular weight is 389 g/mol. The van der Waals surface area contributed by atoms with Gasteiger partial charge >= 0.3 is 11.7 Å². The SMILES string of the molecule is CCCC(CCC)NC(=O)n1c(=O)n(CCN2CCOCC2)c2ccccc21. The first-order valence-electron chi connectivity index (χ1n) is 10.5. The fourth-order valence-corrected chi connectivity index (χ4v) is 3.91. The van der Waals surface area contributed by atoms with Crippen molar-refractivity contribution < 1.29 is 9.53 Å². The maximum absolute atomic E-state index is 13.1. The molecule has 28 heavy (non-hydrogen) atoms. The highest BCUT2D eigenvalue weighted by Crippen LogP contribution is 2.14. The van der Waals surface area contributed by atoms with Gasteiger partial charge in [0.1, 0.15) is 0 Å². The number of carbonyl (C=O) groups is 1. The zero-order chi connectivity index (χ0) is 19.9. The first kappa shape index (κ1) is 20.6. The number of fused-ring (bicyclic) bond motifs is 1. The molecule has 1 aliphatic heterocycles. The minimum absolute atomic E-state index is 0.102. The molecule has 0 radical (unpaired) electrons. The van der Waals surface area contributed by atoms with E-state index in [0.29, 0.717) is 12.1 Å². The van der Waals surface area contributed by atoms with Crippen molar-refractivity contribution >= 4 is 17.1 Å². The van der Waals surface area contributed by atoms with Crippen LogP contribution in [0.15, 0.2) is 29.1 Å². The molecular formula is C21H32N4O3. The van der Waals surface area contributed by atoms with Crippen LogP contribution in [0.1, 0.15) is 39.5 Å². The van der Waals surface area contributed by atoms with Gasteiger partial charge in [-0.1, -0.05) is 38.8 Å². The quantitative estimate of drug-likeness (QED) is 0.755. The minimum atomic E-state index is -0.321. The zero-order valence-corrected chi connectivity index (χ0v) is 17.0. The standard InChI is InChI=1S/C21H32N4O3/c1-3-7-17(8-4-2)22-20(26)25-19-10-6-5-9-18(19)24(21(25)27)12-11-23-13-15-28-16-14-23/h5-6,9-10,17H,3-4,7-8,11-16H2,1-2H3,(H,22,26). The highest BCUT2D eigenvalue weighted by Gasteiger charge is 2.21. The summed E-state index contributed by atoms with van der Waals surface area (Å²) < 4.78 is 8.41. The molecule has 0 atom stereocenters. The summed E-state index contributed by atoms with van der Waals surface area (Å²) in [5, 5.41) is 3.07. The van der Waals surface area contributed by atoms with Gasteiger partial charge in [-0.25, -0.2) is 14.2 Å². The number of rotatable bonds is 8. The summed E-state index contributed by atoms with van der Waals surface area (Å²) in [6, 6.07) is 7.31. The van der Waals surface area contributed by atoms with Gasteiger partial charge < -0.3 is 10.1 Å². The Morgan fingerprint density at radius 2 is 1.71 bits per heavy atom. The lowest BCUT2D eigenvalue weighted by molar-refractivity contribution is 0.0364. The van der Waals surface area contributed by atoms with Gasteiger partial charge in [0.2, 0.25) is 0 Å². The molecule has 7 nitrogen and oxygen atoms in total. The van der Waals surface area contributed by atoms with E-state index in [1.165, 1.54) is 4.57 Å². The minimum Gasteiger partial charge on any atom is -0.379 e. The van der Waals surface area contributed by atoms with Gasteiger partial charge in [-0.2, -0.15) is 0 Å². The Labute approximate surface area is 166 Å². The first-order valence-corrected chi connectivity index (χ1v) is 10.5. The summed E-state index contributed by atoms with van der Waals surface area (Å²) in [4.78, 5) is 28.4. The van der Waals surface area contributed by atoms with E-state index in [2.05, 4.69) is 24.1 Å². The fraction of sp³-hybridized carbons (Fsp3) is 0.619. The number of carbonyl (C=O) groups excluding carboxylic acids is 1. The van der Waals surface area contributed by atoms with Crippen LogP contribution in [0.25, 0.3) is 11.0 Å². The van der Waals surface area contributed by atoms with Crippen molar-refractivity contribution in [1.82, 2.24) is 19.4 Å². The van der Waals surface area contributed by atoms with Crippen LogP contribution in [0.3, 0.4) is 0 Å². The van der Waals surface area contributed by atoms with Crippen LogP contribution < -0.4 is 11.0 Å². The molecule has 2 heterocycles. The summed E-state index contributed by atoms with van der Waals surface area (Å²) in [7, 11) is 0. The Bertz CT molecular complexity index is 830. The van der Waals surface area contributed by atoms with E-state index >= 15 is 0 Å². The molecule has 0 aliphatic carbocycles. The van der Waals surface area contributed by atoms with Gasteiger partial charge in [0.25, 0.3) is 0 Å². The Balaban J connectivity index is 1.84. The number of imidazole rings is 1. The number of benzene rings is 1. The largest absolute Gasteiger partial charge is 0.379 e. The number of nitrogens with one attached hydrogen (secondary N) is 1. The van der Waals surface area contributed by atoms with Crippen LogP contribution in [0.4, 0.5) is 4.79 Å². The van der Waals surface area contributed by atoms with Gasteiger partial charge in [0.15, 0.2) is 0 Å². The summed E-state index contributed by atoms with van der Waals surface area (Å²) >= 11 is 0. The Morgan fingerprint density at radius 3 is 2.36 bits per heavy atom. The fourth-order valence-electron chi connectivity index (χ4n) is 3.91. The molecule has 1 fully saturated rings. The van der Waals surface area contributed by atoms with E-state index in [1.54, 1.807) is 4.57 Å². The van der Waals surface area contributed by atoms with Crippen LogP contribution in [-0.4, -0.2) is 59.0 Å². The highest BCUT2D eigenvalue weighted by molar-refractivity contribution is 5.89. The van der Waals surface area contributed by atoms with Crippen LogP contribution in [-0.2, 0) is 11.3 Å². The molecular weight excluding hydrogens is 356 g/mol. The normalized spacial score (nSPS) is 15.4. The molecule has 1 aliphatic rings. The third-order valence-corrected chi connectivity index (χ3v) is 5.38. The Kier molecular flexibility index (Phi) is 7.28. The molecule has 0 bridgehead atoms. The van der Waals surface area contributed by atoms with Gasteiger partial charge in [-0.3, -0.25) is 9.47 Å². The number of nitrogens with zero attached hydrogens (tertiary/aromatic N) is 3. The van der Waals surface area contributed by atoms with E-state index in [1.807, 2.05) is 24.3 Å². The Hall–Kier alpha value is -2.12. The zero-order valence-electron chi connectivity index (χ0n) is 17.0. The van der Waals surface area contributed by atoms with Gasteiger partial charge in [-0.15, -0.1) is 0 Å². The van der Waals surface area contributed by atoms with Crippen molar-refractivity contribution in [2.24, 2.45) is 0 Å². The number of hydrogen-bond donors (Lipinski definition) is 1. The number of morpholine rings is 1. The molecule has 1 saturated heterocycles. The van der Waals surface area contributed by atoms with Gasteiger partial charge in [-0.05, 0) is 25.0 Å². The summed E-state index contributed by atoms with van der Waals surface area (Å²) in [5.41, 5.74) is 1.20. The molecule has 0 saturated carbocycles. The number of para-hydroxylation sites is 2. The van der Waals surface area contributed by atoms with E-state index in [4.69, 9.17) is 4.74 Å². The van der Waals surface area contributed by atoms with Crippen LogP contribution in [0, 0.1) is 0 Å². The third kappa shape index (κ3) is 4.64. The van der Waals surface area contributed by atoms with Crippen molar-refractivity contribution in [2.75, 3.05) is 32.8 Å². The Morgan fingerprint density at radius 1 is 1.07 bits per heavy atom. The second kappa shape index (κ2) is 9.89. The van der Waals surface area contributed by atoms with Crippen LogP contribution in [0.2, 0.25) is 0 Å². The molecule has 1 aromatic carbocycles. The molecule has 3 rings (SSSR count). The van der Waals surface area contributed by atoms with E-state index in [0.717, 1.165) is 64.0 Å². The second-order valence-electron chi connectivity index (χ2n) is 7.44. The molecule has 7 heteroatoms. The van der Waals surface area contributed by atoms with Crippen LogP contribution >= 0.6 is 0 Å². The summed E-state index contributed by atoms with van der Waals surface area (Å²) in [6.45, 7) is 8.77. The lowest BCUT2D eigenvalue weighted by Crippen LogP contribution is -2.43. The predicted molar refractivity (Wildman–Crippen MR) is 111 cm³/mol. The number of hydrogen-bond acceptors (Lipinski definition) is 4. The number of amides is 1. The maximum atomic E-state index is 13.1. The predicted octanol–water partition coefficient (Wildman–Crippen LogP) is 2.66. The van der Waals surface area contributed by atoms with Crippen molar-refractivity contribution in [3.05, 3.63) is 34.7 Å². The highest BCUT2D eigenvalue weighted by atomic mass is 16.5. The van der Waals surface area contributed by atoms with Gasteiger partial charge in [0.05, 0.1) is 24.2 Å². The van der Waals surface area contributed by atoms with Crippen LogP contribution in [0.5, 0.6) is 0 Å². The summed E-state index contributed by atoms with van der Waals surface area (Å²) in [6.07, 6.45) is 3.84. The lowest BCUT2D eigenvalue weighted by atomic mass is 10.1. The average Bonchev–Trinajstić information content (AvgIpc) is 2.99. The van der Waals surface area contributed by atoms with Crippen molar-refractivity contribution in [2.45, 2.75) is 52.1 Å². The number of ether oxygens (including phenoxy) is 1. The van der Waals surface area contributed by atoms with E-state index in [9.17, 15) is 9.59 Å². The molecule has 2 aromatic rings. The molecule has 1 N–H and O–H groups in total. The summed E-state index contributed by atoms with van der Waals surface area (Å²) in [5.74, 6) is 0. The molecule has 154 valence electrons. The molecule has 1 amide bonds. The van der Waals surface area contributed by atoms with E-state index < -0.39 is 0 Å². The second-order valence-corrected chi connectivity index (χ2v) is 7.44. The topological polar surface area (TPSA) is 68.5 Å². The maximum Gasteiger partial charge on any atom is 0.337 e. The lowest BCUT2D eigenvalue weighted by Gasteiger charge is -2.26. The molecule has 0 unspecified atom stereocenters. The molecule has 0 spiro atoms. The van der Waals surface area contributed by atoms with Gasteiger partial charge in [0, 0.05) is 32.2 Å². The van der Waals surface area contributed by atoms with E-state index in [-0.39, 0.29) is 17.8 Å². The number of aromatic nitrogens is 2.